The number of rotatable bonds is 4. The minimum absolute atomic E-state index is 0.0273. The highest BCUT2D eigenvalue weighted by Gasteiger charge is 2.32. The van der Waals surface area contributed by atoms with E-state index >= 15 is 0 Å². The van der Waals surface area contributed by atoms with Crippen molar-refractivity contribution in [2.45, 2.75) is 31.6 Å². The summed E-state index contributed by atoms with van der Waals surface area (Å²) in [6.45, 7) is 2.95. The molecule has 5 rings (SSSR count). The average Bonchev–Trinajstić information content (AvgIpc) is 2.92. The molecule has 0 spiro atoms. The van der Waals surface area contributed by atoms with E-state index in [1.54, 1.807) is 25.4 Å². The Morgan fingerprint density at radius 3 is 2.43 bits per heavy atom. The normalized spacial score (nSPS) is 17.5. The standard InChI is InChI=1S/C26H30N6O3/c1-27-25(34)22-7-6-19(16-28-22)31-12-10-18(11-13-31)26(35)32-14-8-17(9-15-32)23-29-21-5-3-2-4-20(21)24(33)30-23/h2-7,16-18H,8-15H2,1H3,(H,27,34)(H,29,30,33). The van der Waals surface area contributed by atoms with Gasteiger partial charge >= 0.3 is 0 Å². The number of carbonyl (C=O) groups excluding carboxylic acids is 2. The summed E-state index contributed by atoms with van der Waals surface area (Å²) >= 11 is 0. The number of benzene rings is 1. The van der Waals surface area contributed by atoms with Crippen LogP contribution >= 0.6 is 0 Å². The third-order valence-corrected chi connectivity index (χ3v) is 7.24. The fourth-order valence-electron chi connectivity index (χ4n) is 5.15. The maximum absolute atomic E-state index is 13.2. The predicted molar refractivity (Wildman–Crippen MR) is 133 cm³/mol. The Morgan fingerprint density at radius 1 is 1.00 bits per heavy atom. The molecule has 0 radical (unpaired) electrons. The summed E-state index contributed by atoms with van der Waals surface area (Å²) in [7, 11) is 1.59. The van der Waals surface area contributed by atoms with Crippen molar-refractivity contribution < 1.29 is 9.59 Å². The van der Waals surface area contributed by atoms with Gasteiger partial charge in [0.25, 0.3) is 11.5 Å². The Kier molecular flexibility index (Phi) is 6.48. The average molecular weight is 475 g/mol. The van der Waals surface area contributed by atoms with Gasteiger partial charge < -0.3 is 20.1 Å². The van der Waals surface area contributed by atoms with E-state index in [4.69, 9.17) is 0 Å². The first kappa shape index (κ1) is 23.0. The molecule has 9 heteroatoms. The topological polar surface area (TPSA) is 111 Å². The lowest BCUT2D eigenvalue weighted by Crippen LogP contribution is -2.45. The van der Waals surface area contributed by atoms with Gasteiger partial charge in [-0.15, -0.1) is 0 Å². The molecule has 3 aromatic rings. The molecule has 2 aromatic heterocycles. The zero-order chi connectivity index (χ0) is 24.4. The lowest BCUT2D eigenvalue weighted by molar-refractivity contribution is -0.137. The first-order valence-electron chi connectivity index (χ1n) is 12.2. The Balaban J connectivity index is 1.15. The second-order valence-electron chi connectivity index (χ2n) is 9.31. The number of hydrogen-bond acceptors (Lipinski definition) is 6. The van der Waals surface area contributed by atoms with E-state index in [0.29, 0.717) is 24.2 Å². The molecule has 2 aliphatic rings. The van der Waals surface area contributed by atoms with Gasteiger partial charge in [-0.05, 0) is 49.9 Å². The second kappa shape index (κ2) is 9.85. The summed E-state index contributed by atoms with van der Waals surface area (Å²) in [4.78, 5) is 53.4. The van der Waals surface area contributed by atoms with Crippen molar-refractivity contribution in [3.8, 4) is 0 Å². The molecule has 9 nitrogen and oxygen atoms in total. The van der Waals surface area contributed by atoms with Crippen LogP contribution in [0, 0.1) is 5.92 Å². The van der Waals surface area contributed by atoms with Crippen molar-refractivity contribution in [3.63, 3.8) is 0 Å². The lowest BCUT2D eigenvalue weighted by Gasteiger charge is -2.37. The molecule has 182 valence electrons. The van der Waals surface area contributed by atoms with E-state index in [9.17, 15) is 14.4 Å². The monoisotopic (exact) mass is 474 g/mol. The van der Waals surface area contributed by atoms with E-state index in [-0.39, 0.29) is 29.2 Å². The Bertz CT molecular complexity index is 1270. The second-order valence-corrected chi connectivity index (χ2v) is 9.31. The van der Waals surface area contributed by atoms with Gasteiger partial charge in [-0.1, -0.05) is 12.1 Å². The molecule has 2 aliphatic heterocycles. The smallest absolute Gasteiger partial charge is 0.269 e. The molecule has 0 unspecified atom stereocenters. The van der Waals surface area contributed by atoms with Gasteiger partial charge in [0, 0.05) is 45.1 Å². The van der Waals surface area contributed by atoms with Gasteiger partial charge in [0.2, 0.25) is 5.91 Å². The first-order chi connectivity index (χ1) is 17.0. The number of aromatic amines is 1. The SMILES string of the molecule is CNC(=O)c1ccc(N2CCC(C(=O)N3CCC(c4nc5ccccc5c(=O)[nH]4)CC3)CC2)cn1. The third-order valence-electron chi connectivity index (χ3n) is 7.24. The molecule has 0 atom stereocenters. The number of likely N-dealkylation sites (tertiary alicyclic amines) is 1. The molecule has 2 amide bonds. The fourth-order valence-corrected chi connectivity index (χ4v) is 5.15. The molecule has 2 fully saturated rings. The number of piperidine rings is 2. The molecule has 0 aliphatic carbocycles. The quantitative estimate of drug-likeness (QED) is 0.600. The van der Waals surface area contributed by atoms with Crippen LogP contribution in [0.15, 0.2) is 47.4 Å². The van der Waals surface area contributed by atoms with Crippen molar-refractivity contribution in [2.24, 2.45) is 5.92 Å². The summed E-state index contributed by atoms with van der Waals surface area (Å²) in [6.07, 6.45) is 4.93. The van der Waals surface area contributed by atoms with E-state index in [2.05, 4.69) is 25.2 Å². The summed E-state index contributed by atoms with van der Waals surface area (Å²) in [6, 6.07) is 11.0. The maximum atomic E-state index is 13.2. The largest absolute Gasteiger partial charge is 0.370 e. The highest BCUT2D eigenvalue weighted by Crippen LogP contribution is 2.29. The molecule has 0 bridgehead atoms. The van der Waals surface area contributed by atoms with Crippen LogP contribution in [0.25, 0.3) is 10.9 Å². The van der Waals surface area contributed by atoms with Crippen LogP contribution in [-0.4, -0.2) is 64.9 Å². The number of aromatic nitrogens is 3. The number of nitrogens with zero attached hydrogens (tertiary/aromatic N) is 4. The number of pyridine rings is 1. The van der Waals surface area contributed by atoms with Crippen LogP contribution in [0.1, 0.15) is 47.9 Å². The van der Waals surface area contributed by atoms with Gasteiger partial charge in [-0.3, -0.25) is 14.4 Å². The van der Waals surface area contributed by atoms with E-state index in [0.717, 1.165) is 55.8 Å². The van der Waals surface area contributed by atoms with Crippen molar-refractivity contribution in [1.82, 2.24) is 25.2 Å². The van der Waals surface area contributed by atoms with Crippen LogP contribution in [0.4, 0.5) is 5.69 Å². The number of fused-ring (bicyclic) bond motifs is 1. The predicted octanol–water partition coefficient (Wildman–Crippen LogP) is 2.30. The Hall–Kier alpha value is -3.75. The van der Waals surface area contributed by atoms with E-state index in [1.807, 2.05) is 29.2 Å². The lowest BCUT2D eigenvalue weighted by atomic mass is 9.91. The van der Waals surface area contributed by atoms with Gasteiger partial charge in [0.1, 0.15) is 11.5 Å². The summed E-state index contributed by atoms with van der Waals surface area (Å²) in [5, 5.41) is 3.18. The highest BCUT2D eigenvalue weighted by atomic mass is 16.2. The number of anilines is 1. The third kappa shape index (κ3) is 4.76. The van der Waals surface area contributed by atoms with Crippen molar-refractivity contribution in [3.05, 3.63) is 64.5 Å². The Labute approximate surface area is 203 Å². The van der Waals surface area contributed by atoms with Gasteiger partial charge in [-0.2, -0.15) is 0 Å². The zero-order valence-electron chi connectivity index (χ0n) is 19.9. The first-order valence-corrected chi connectivity index (χ1v) is 12.2. The van der Waals surface area contributed by atoms with Crippen LogP contribution in [0.5, 0.6) is 0 Å². The molecular formula is C26H30N6O3. The number of carbonyl (C=O) groups is 2. The number of hydrogen-bond donors (Lipinski definition) is 2. The number of H-pyrrole nitrogens is 1. The van der Waals surface area contributed by atoms with Crippen molar-refractivity contribution in [2.75, 3.05) is 38.1 Å². The minimum Gasteiger partial charge on any atom is -0.370 e. The number of amides is 2. The summed E-state index contributed by atoms with van der Waals surface area (Å²) in [5.74, 6) is 0.941. The number of para-hydroxylation sites is 1. The number of nitrogens with one attached hydrogen (secondary N) is 2. The van der Waals surface area contributed by atoms with Crippen molar-refractivity contribution >= 4 is 28.4 Å². The summed E-state index contributed by atoms with van der Waals surface area (Å²) in [5.41, 5.74) is 1.98. The van der Waals surface area contributed by atoms with Crippen LogP contribution in [-0.2, 0) is 4.79 Å². The molecular weight excluding hydrogens is 444 g/mol. The summed E-state index contributed by atoms with van der Waals surface area (Å²) < 4.78 is 0. The fraction of sp³-hybridized carbons (Fsp3) is 0.423. The molecule has 0 saturated carbocycles. The molecule has 2 saturated heterocycles. The highest BCUT2D eigenvalue weighted by molar-refractivity contribution is 5.92. The zero-order valence-corrected chi connectivity index (χ0v) is 19.9. The molecule has 2 N–H and O–H groups in total. The van der Waals surface area contributed by atoms with E-state index in [1.165, 1.54) is 0 Å². The van der Waals surface area contributed by atoms with Crippen LogP contribution < -0.4 is 15.8 Å². The van der Waals surface area contributed by atoms with Crippen molar-refractivity contribution in [1.29, 1.82) is 0 Å². The van der Waals surface area contributed by atoms with E-state index < -0.39 is 0 Å². The molecule has 35 heavy (non-hydrogen) atoms. The molecule has 1 aromatic carbocycles. The minimum atomic E-state index is -0.201. The van der Waals surface area contributed by atoms with Crippen LogP contribution in [0.2, 0.25) is 0 Å². The molecule has 4 heterocycles. The van der Waals surface area contributed by atoms with Gasteiger partial charge in [-0.25, -0.2) is 9.97 Å². The van der Waals surface area contributed by atoms with Gasteiger partial charge in [0.15, 0.2) is 0 Å². The Morgan fingerprint density at radius 2 is 1.74 bits per heavy atom. The van der Waals surface area contributed by atoms with Gasteiger partial charge in [0.05, 0.1) is 22.8 Å². The maximum Gasteiger partial charge on any atom is 0.269 e. The van der Waals surface area contributed by atoms with Crippen LogP contribution in [0.3, 0.4) is 0 Å².